The number of fused-ring (bicyclic) bond motifs is 1. The molecule has 1 aromatic rings. The van der Waals surface area contributed by atoms with Crippen LogP contribution in [0.2, 0.25) is 0 Å². The normalized spacial score (nSPS) is 13.2. The highest BCUT2D eigenvalue weighted by Crippen LogP contribution is 2.37. The predicted octanol–water partition coefficient (Wildman–Crippen LogP) is 1.22. The minimum Gasteiger partial charge on any atom is -0.507 e. The lowest BCUT2D eigenvalue weighted by atomic mass is 10.1. The van der Waals surface area contributed by atoms with E-state index in [1.807, 2.05) is 6.07 Å². The molecule has 0 saturated heterocycles. The van der Waals surface area contributed by atoms with E-state index in [0.717, 1.165) is 18.7 Å². The number of rotatable bonds is 8. The molecule has 0 spiro atoms. The van der Waals surface area contributed by atoms with Crippen molar-refractivity contribution in [1.82, 2.24) is 4.90 Å². The second-order valence-corrected chi connectivity index (χ2v) is 4.60. The van der Waals surface area contributed by atoms with Gasteiger partial charge >= 0.3 is 0 Å². The van der Waals surface area contributed by atoms with Gasteiger partial charge in [-0.3, -0.25) is 4.90 Å². The molecule has 112 valence electrons. The molecule has 1 aliphatic heterocycles. The van der Waals surface area contributed by atoms with E-state index in [-0.39, 0.29) is 12.5 Å². The first-order valence-corrected chi connectivity index (χ1v) is 6.56. The van der Waals surface area contributed by atoms with E-state index < -0.39 is 0 Å². The molecular formula is C14H21NO5. The summed E-state index contributed by atoms with van der Waals surface area (Å²) in [6.07, 6.45) is 0. The zero-order valence-electron chi connectivity index (χ0n) is 11.9. The molecule has 0 fully saturated rings. The first-order valence-electron chi connectivity index (χ1n) is 6.56. The van der Waals surface area contributed by atoms with Crippen molar-refractivity contribution in [2.24, 2.45) is 0 Å². The van der Waals surface area contributed by atoms with Gasteiger partial charge in [-0.1, -0.05) is 0 Å². The summed E-state index contributed by atoms with van der Waals surface area (Å²) in [6.45, 7) is 3.62. The van der Waals surface area contributed by atoms with Gasteiger partial charge in [0.05, 0.1) is 13.2 Å². The summed E-state index contributed by atoms with van der Waals surface area (Å²) in [5, 5.41) is 10.0. The highest BCUT2D eigenvalue weighted by Gasteiger charge is 2.18. The van der Waals surface area contributed by atoms with Gasteiger partial charge in [-0.2, -0.15) is 0 Å². The molecule has 0 unspecified atom stereocenters. The molecule has 0 aliphatic carbocycles. The Balaban J connectivity index is 2.05. The quantitative estimate of drug-likeness (QED) is 0.774. The lowest BCUT2D eigenvalue weighted by Crippen LogP contribution is -2.30. The summed E-state index contributed by atoms with van der Waals surface area (Å²) in [5.74, 6) is 1.48. The molecule has 0 saturated carbocycles. The van der Waals surface area contributed by atoms with Crippen LogP contribution in [0.4, 0.5) is 0 Å². The van der Waals surface area contributed by atoms with Crippen LogP contribution >= 0.6 is 0 Å². The molecule has 0 atom stereocenters. The van der Waals surface area contributed by atoms with Gasteiger partial charge in [0, 0.05) is 45.5 Å². The number of methoxy groups -OCH3 is 2. The van der Waals surface area contributed by atoms with Gasteiger partial charge in [0.2, 0.25) is 6.79 Å². The van der Waals surface area contributed by atoms with E-state index in [9.17, 15) is 5.11 Å². The van der Waals surface area contributed by atoms with Crippen LogP contribution < -0.4 is 9.47 Å². The Kier molecular flexibility index (Phi) is 5.46. The summed E-state index contributed by atoms with van der Waals surface area (Å²) in [5.41, 5.74) is 0.807. The Hall–Kier alpha value is -1.50. The molecule has 1 heterocycles. The summed E-state index contributed by atoms with van der Waals surface area (Å²) in [6, 6.07) is 3.42. The smallest absolute Gasteiger partial charge is 0.231 e. The first-order chi connectivity index (χ1) is 9.74. The fourth-order valence-electron chi connectivity index (χ4n) is 2.05. The monoisotopic (exact) mass is 283 g/mol. The molecule has 1 aromatic carbocycles. The SMILES string of the molecule is COCCN(CCOC)Cc1cc2c(cc1O)OCO2. The number of hydrogen-bond acceptors (Lipinski definition) is 6. The van der Waals surface area contributed by atoms with E-state index in [4.69, 9.17) is 18.9 Å². The van der Waals surface area contributed by atoms with Crippen molar-refractivity contribution >= 4 is 0 Å². The number of ether oxygens (including phenoxy) is 4. The van der Waals surface area contributed by atoms with Crippen LogP contribution in [-0.4, -0.2) is 57.3 Å². The predicted molar refractivity (Wildman–Crippen MR) is 73.3 cm³/mol. The maximum Gasteiger partial charge on any atom is 0.231 e. The fourth-order valence-corrected chi connectivity index (χ4v) is 2.05. The van der Waals surface area contributed by atoms with Crippen molar-refractivity contribution in [3.63, 3.8) is 0 Å². The zero-order chi connectivity index (χ0) is 14.4. The molecule has 1 N–H and O–H groups in total. The van der Waals surface area contributed by atoms with Gasteiger partial charge in [0.25, 0.3) is 0 Å². The largest absolute Gasteiger partial charge is 0.507 e. The molecule has 0 aromatic heterocycles. The lowest BCUT2D eigenvalue weighted by molar-refractivity contribution is 0.110. The summed E-state index contributed by atoms with van der Waals surface area (Å²) < 4.78 is 20.8. The highest BCUT2D eigenvalue weighted by molar-refractivity contribution is 5.51. The summed E-state index contributed by atoms with van der Waals surface area (Å²) >= 11 is 0. The molecule has 0 amide bonds. The van der Waals surface area contributed by atoms with Crippen LogP contribution in [0, 0.1) is 0 Å². The Morgan fingerprint density at radius 2 is 1.70 bits per heavy atom. The number of aromatic hydroxyl groups is 1. The molecule has 2 rings (SSSR count). The second kappa shape index (κ2) is 7.33. The third kappa shape index (κ3) is 3.75. The van der Waals surface area contributed by atoms with Crippen LogP contribution in [0.5, 0.6) is 17.2 Å². The Labute approximate surface area is 118 Å². The maximum atomic E-state index is 10.0. The van der Waals surface area contributed by atoms with Crippen molar-refractivity contribution < 1.29 is 24.1 Å². The Bertz CT molecular complexity index is 430. The van der Waals surface area contributed by atoms with Gasteiger partial charge in [-0.05, 0) is 6.07 Å². The number of benzene rings is 1. The number of nitrogens with zero attached hydrogens (tertiary/aromatic N) is 1. The molecule has 6 heteroatoms. The average Bonchev–Trinajstić information content (AvgIpc) is 2.89. The van der Waals surface area contributed by atoms with Crippen LogP contribution in [-0.2, 0) is 16.0 Å². The van der Waals surface area contributed by atoms with Gasteiger partial charge in [0.15, 0.2) is 11.5 Å². The third-order valence-corrected chi connectivity index (χ3v) is 3.19. The molecule has 0 radical (unpaired) electrons. The Morgan fingerprint density at radius 3 is 2.30 bits per heavy atom. The van der Waals surface area contributed by atoms with Crippen LogP contribution in [0.1, 0.15) is 5.56 Å². The van der Waals surface area contributed by atoms with Crippen molar-refractivity contribution in [3.8, 4) is 17.2 Å². The standard InChI is InChI=1S/C14H21NO5/c1-17-5-3-15(4-6-18-2)9-11-7-13-14(8-12(11)16)20-10-19-13/h7-8,16H,3-6,9-10H2,1-2H3. The van der Waals surface area contributed by atoms with E-state index in [0.29, 0.717) is 31.3 Å². The van der Waals surface area contributed by atoms with Crippen molar-refractivity contribution in [2.75, 3.05) is 47.3 Å². The lowest BCUT2D eigenvalue weighted by Gasteiger charge is -2.22. The van der Waals surface area contributed by atoms with Gasteiger partial charge in [-0.15, -0.1) is 0 Å². The Morgan fingerprint density at radius 1 is 1.10 bits per heavy atom. The third-order valence-electron chi connectivity index (χ3n) is 3.19. The van der Waals surface area contributed by atoms with Crippen molar-refractivity contribution in [3.05, 3.63) is 17.7 Å². The second-order valence-electron chi connectivity index (χ2n) is 4.60. The van der Waals surface area contributed by atoms with Crippen LogP contribution in [0.25, 0.3) is 0 Å². The van der Waals surface area contributed by atoms with Gasteiger partial charge in [0.1, 0.15) is 5.75 Å². The van der Waals surface area contributed by atoms with Gasteiger partial charge < -0.3 is 24.1 Å². The van der Waals surface area contributed by atoms with Crippen molar-refractivity contribution in [1.29, 1.82) is 0 Å². The zero-order valence-corrected chi connectivity index (χ0v) is 11.9. The molecular weight excluding hydrogens is 262 g/mol. The molecule has 20 heavy (non-hydrogen) atoms. The highest BCUT2D eigenvalue weighted by atomic mass is 16.7. The molecule has 1 aliphatic rings. The van der Waals surface area contributed by atoms with Crippen LogP contribution in [0.15, 0.2) is 12.1 Å². The average molecular weight is 283 g/mol. The summed E-state index contributed by atoms with van der Waals surface area (Å²) in [7, 11) is 3.35. The number of phenolic OH excluding ortho intramolecular Hbond substituents is 1. The molecule has 6 nitrogen and oxygen atoms in total. The first kappa shape index (κ1) is 14.9. The topological polar surface area (TPSA) is 60.4 Å². The number of hydrogen-bond donors (Lipinski definition) is 1. The summed E-state index contributed by atoms with van der Waals surface area (Å²) in [4.78, 5) is 2.16. The van der Waals surface area contributed by atoms with Crippen LogP contribution in [0.3, 0.4) is 0 Å². The van der Waals surface area contributed by atoms with E-state index in [1.165, 1.54) is 0 Å². The molecule has 0 bridgehead atoms. The fraction of sp³-hybridized carbons (Fsp3) is 0.571. The number of phenols is 1. The van der Waals surface area contributed by atoms with E-state index >= 15 is 0 Å². The van der Waals surface area contributed by atoms with Gasteiger partial charge in [-0.25, -0.2) is 0 Å². The maximum absolute atomic E-state index is 10.0. The van der Waals surface area contributed by atoms with E-state index in [1.54, 1.807) is 20.3 Å². The minimum atomic E-state index is 0.204. The van der Waals surface area contributed by atoms with Crippen molar-refractivity contribution in [2.45, 2.75) is 6.54 Å². The van der Waals surface area contributed by atoms with E-state index in [2.05, 4.69) is 4.90 Å². The minimum absolute atomic E-state index is 0.204.